The van der Waals surface area contributed by atoms with Crippen molar-refractivity contribution < 1.29 is 76.6 Å². The number of fused-ring (bicyclic) bond motifs is 4. The van der Waals surface area contributed by atoms with Crippen molar-refractivity contribution in [2.45, 2.75) is 154 Å². The van der Waals surface area contributed by atoms with Crippen LogP contribution in [0.25, 0.3) is 0 Å². The molecule has 0 radical (unpaired) electrons. The van der Waals surface area contributed by atoms with E-state index >= 15 is 4.79 Å². The summed E-state index contributed by atoms with van der Waals surface area (Å²) in [5.74, 6) is -5.95. The molecule has 4 aliphatic carbocycles. The maximum absolute atomic E-state index is 15.1. The minimum atomic E-state index is -2.18. The lowest BCUT2D eigenvalue weighted by atomic mass is 9.49. The quantitative estimate of drug-likeness (QED) is 0.122. The maximum Gasteiger partial charge on any atom is 0.408 e. The van der Waals surface area contributed by atoms with E-state index in [0.717, 1.165) is 0 Å². The van der Waals surface area contributed by atoms with Gasteiger partial charge in [-0.15, -0.1) is 0 Å². The van der Waals surface area contributed by atoms with Crippen LogP contribution < -0.4 is 5.32 Å². The van der Waals surface area contributed by atoms with Gasteiger partial charge in [0.25, 0.3) is 0 Å². The number of aliphatic hydroxyl groups is 1. The summed E-state index contributed by atoms with van der Waals surface area (Å²) >= 11 is 0. The van der Waals surface area contributed by atoms with Crippen molar-refractivity contribution in [3.8, 4) is 0 Å². The number of nitrogens with one attached hydrogen (secondary N) is 1. The van der Waals surface area contributed by atoms with Gasteiger partial charge in [-0.2, -0.15) is 0 Å². The first-order chi connectivity index (χ1) is 32.0. The summed E-state index contributed by atoms with van der Waals surface area (Å²) in [6, 6.07) is 15.0. The first-order valence-electron chi connectivity index (χ1n) is 23.2. The van der Waals surface area contributed by atoms with Crippen molar-refractivity contribution in [3.63, 3.8) is 0 Å². The van der Waals surface area contributed by atoms with E-state index in [2.05, 4.69) is 5.32 Å². The van der Waals surface area contributed by atoms with Crippen LogP contribution in [0.1, 0.15) is 123 Å². The second-order valence-electron chi connectivity index (χ2n) is 20.3. The molecular formula is C51H63NO16. The third kappa shape index (κ3) is 9.60. The number of hydrogen-bond donors (Lipinski definition) is 2. The second-order valence-corrected chi connectivity index (χ2v) is 20.3. The average Bonchev–Trinajstić information content (AvgIpc) is 3.95. The number of esters is 6. The molecule has 0 unspecified atom stereocenters. The van der Waals surface area contributed by atoms with Gasteiger partial charge in [0.2, 0.25) is 6.10 Å². The zero-order valence-corrected chi connectivity index (χ0v) is 40.1. The SMILES string of the molecule is CCCC(=O)OCC(=O)O[C@@H](C(=O)O[C@H]1C[C@@]2(O)[C@@H](OC(=O)c3ccccc3)[C@H]3[C@]4(C[C@H]4C[C@H]4OC[C@]43OC(C)=O)C[C@H](OC(C)=O)C(=C1C)C2(C)C)[C@@H](NC(=O)OC(C)(C)C)c1ccccc1. The second kappa shape index (κ2) is 18.9. The lowest BCUT2D eigenvalue weighted by Crippen LogP contribution is -2.77. The van der Waals surface area contributed by atoms with Gasteiger partial charge in [0.1, 0.15) is 41.7 Å². The molecule has 1 heterocycles. The van der Waals surface area contributed by atoms with Crippen LogP contribution in [0.5, 0.6) is 0 Å². The Morgan fingerprint density at radius 3 is 2.10 bits per heavy atom. The average molecular weight is 946 g/mol. The van der Waals surface area contributed by atoms with Crippen LogP contribution in [0.15, 0.2) is 71.8 Å². The third-order valence-corrected chi connectivity index (χ3v) is 14.4. The molecule has 3 saturated carbocycles. The maximum atomic E-state index is 15.1. The van der Waals surface area contributed by atoms with Gasteiger partial charge in [-0.25, -0.2) is 19.2 Å². The molecule has 2 aromatic rings. The summed E-state index contributed by atoms with van der Waals surface area (Å²) in [5, 5.41) is 16.6. The monoisotopic (exact) mass is 945 g/mol. The fourth-order valence-electron chi connectivity index (χ4n) is 11.4. The van der Waals surface area contributed by atoms with Crippen molar-refractivity contribution in [1.82, 2.24) is 5.32 Å². The van der Waals surface area contributed by atoms with Crippen LogP contribution in [0.2, 0.25) is 0 Å². The first-order valence-corrected chi connectivity index (χ1v) is 23.2. The molecule has 1 amide bonds. The van der Waals surface area contributed by atoms with E-state index in [4.69, 9.17) is 37.9 Å². The first kappa shape index (κ1) is 50.1. The Kier molecular flexibility index (Phi) is 13.9. The zero-order valence-electron chi connectivity index (χ0n) is 40.1. The Morgan fingerprint density at radius 2 is 1.51 bits per heavy atom. The topological polar surface area (TPSA) is 226 Å². The Labute approximate surface area is 395 Å². The lowest BCUT2D eigenvalue weighted by Gasteiger charge is -2.64. The fraction of sp³-hybridized carbons (Fsp3) is 0.588. The Balaban J connectivity index is 1.36. The molecule has 368 valence electrons. The Morgan fingerprint density at radius 1 is 0.853 bits per heavy atom. The molecule has 0 aromatic heterocycles. The van der Waals surface area contributed by atoms with Gasteiger partial charge in [-0.1, -0.05) is 69.3 Å². The van der Waals surface area contributed by atoms with Crippen molar-refractivity contribution in [3.05, 3.63) is 82.9 Å². The van der Waals surface area contributed by atoms with Gasteiger partial charge in [0.15, 0.2) is 12.2 Å². The fourth-order valence-corrected chi connectivity index (χ4v) is 11.4. The minimum absolute atomic E-state index is 0.0226. The van der Waals surface area contributed by atoms with Crippen molar-refractivity contribution >= 4 is 41.9 Å². The molecule has 1 spiro atoms. The number of ether oxygens (including phenoxy) is 8. The van der Waals surface area contributed by atoms with E-state index in [9.17, 15) is 33.9 Å². The molecule has 7 rings (SSSR count). The van der Waals surface area contributed by atoms with Crippen molar-refractivity contribution in [2.24, 2.45) is 22.7 Å². The lowest BCUT2D eigenvalue weighted by molar-refractivity contribution is -0.328. The van der Waals surface area contributed by atoms with Crippen LogP contribution >= 0.6 is 0 Å². The summed E-state index contributed by atoms with van der Waals surface area (Å²) in [5.41, 5.74) is -5.42. The number of alkyl carbamates (subject to hydrolysis) is 1. The summed E-state index contributed by atoms with van der Waals surface area (Å²) in [4.78, 5) is 95.1. The van der Waals surface area contributed by atoms with Crippen molar-refractivity contribution in [2.75, 3.05) is 13.2 Å². The van der Waals surface area contributed by atoms with Gasteiger partial charge in [-0.3, -0.25) is 14.4 Å². The zero-order chi connectivity index (χ0) is 49.6. The van der Waals surface area contributed by atoms with E-state index in [1.807, 2.05) is 0 Å². The molecule has 2 bridgehead atoms. The van der Waals surface area contributed by atoms with Gasteiger partial charge >= 0.3 is 41.9 Å². The van der Waals surface area contributed by atoms with E-state index in [1.54, 1.807) is 109 Å². The predicted octanol–water partition coefficient (Wildman–Crippen LogP) is 6.18. The van der Waals surface area contributed by atoms with Gasteiger partial charge < -0.3 is 48.3 Å². The Bertz CT molecular complexity index is 2320. The molecule has 5 aliphatic rings. The van der Waals surface area contributed by atoms with Crippen LogP contribution in [0.4, 0.5) is 4.79 Å². The molecule has 1 saturated heterocycles. The Hall–Kier alpha value is -5.81. The summed E-state index contributed by atoms with van der Waals surface area (Å²) in [6.07, 6.45) is -6.10. The van der Waals surface area contributed by atoms with E-state index in [-0.39, 0.29) is 30.9 Å². The van der Waals surface area contributed by atoms with Crippen LogP contribution in [0.3, 0.4) is 0 Å². The van der Waals surface area contributed by atoms with Crippen LogP contribution in [-0.2, 0) is 61.9 Å². The summed E-state index contributed by atoms with van der Waals surface area (Å²) in [6.45, 7) is 13.5. The molecule has 4 fully saturated rings. The highest BCUT2D eigenvalue weighted by atomic mass is 16.6. The molecular weight excluding hydrogens is 883 g/mol. The largest absolute Gasteiger partial charge is 0.458 e. The number of benzene rings is 2. The van der Waals surface area contributed by atoms with Crippen molar-refractivity contribution in [1.29, 1.82) is 0 Å². The van der Waals surface area contributed by atoms with E-state index < -0.39 is 125 Å². The third-order valence-electron chi connectivity index (χ3n) is 14.4. The number of hydrogen-bond acceptors (Lipinski definition) is 16. The highest BCUT2D eigenvalue weighted by Crippen LogP contribution is 2.76. The van der Waals surface area contributed by atoms with Crippen LogP contribution in [0, 0.1) is 22.7 Å². The number of carbonyl (C=O) groups excluding carboxylic acids is 7. The van der Waals surface area contributed by atoms with Crippen LogP contribution in [-0.4, -0.2) is 108 Å². The highest BCUT2D eigenvalue weighted by Gasteiger charge is 2.81. The number of carbonyl (C=O) groups is 7. The standard InChI is InChI=1S/C51H63NO16/c1-10-17-37(55)61-26-38(56)65-41(40(31-18-13-11-14-19-31)52-46(59)68-47(5,6)7)45(58)64-34-25-51(60)43(66-44(57)32-20-15-12-16-21-32)42-49(23-33(49)22-36-50(42,27-62-36)67-30(4)54)24-35(63-29(3)53)39(28(34)2)48(51,8)9/h11-16,18-21,33-36,40-43,60H,10,17,22-27H2,1-9H3,(H,52,59)/t33-,34+,35+,36-,40+,41-,42+,43+,49-,50+,51-/m1/s1. The molecule has 2 N–H and O–H groups in total. The van der Waals surface area contributed by atoms with E-state index in [0.29, 0.717) is 36.0 Å². The minimum Gasteiger partial charge on any atom is -0.458 e. The number of amides is 1. The predicted molar refractivity (Wildman–Crippen MR) is 239 cm³/mol. The summed E-state index contributed by atoms with van der Waals surface area (Å²) < 4.78 is 48.1. The molecule has 17 heteroatoms. The highest BCUT2D eigenvalue weighted by molar-refractivity contribution is 5.89. The summed E-state index contributed by atoms with van der Waals surface area (Å²) in [7, 11) is 0. The van der Waals surface area contributed by atoms with Gasteiger partial charge in [-0.05, 0) is 93.6 Å². The molecule has 1 aliphatic heterocycles. The van der Waals surface area contributed by atoms with Gasteiger partial charge in [0, 0.05) is 38.0 Å². The molecule has 2 aromatic carbocycles. The smallest absolute Gasteiger partial charge is 0.408 e. The molecule has 17 nitrogen and oxygen atoms in total. The van der Waals surface area contributed by atoms with Gasteiger partial charge in [0.05, 0.1) is 12.2 Å². The molecule has 11 atom stereocenters. The number of rotatable bonds is 14. The van der Waals surface area contributed by atoms with E-state index in [1.165, 1.54) is 13.8 Å². The normalized spacial score (nSPS) is 30.6. The molecule has 68 heavy (non-hydrogen) atoms.